The molecule has 0 radical (unpaired) electrons. The van der Waals surface area contributed by atoms with E-state index in [0.717, 1.165) is 19.3 Å². The molecule has 0 spiro atoms. The van der Waals surface area contributed by atoms with Crippen LogP contribution in [0.4, 0.5) is 13.2 Å². The molecule has 0 amide bonds. The van der Waals surface area contributed by atoms with Crippen LogP contribution in [0.5, 0.6) is 0 Å². The van der Waals surface area contributed by atoms with Crippen molar-refractivity contribution in [3.05, 3.63) is 23.4 Å². The van der Waals surface area contributed by atoms with E-state index in [1.165, 1.54) is 19.2 Å². The van der Waals surface area contributed by atoms with Gasteiger partial charge in [-0.15, -0.1) is 0 Å². The van der Waals surface area contributed by atoms with E-state index in [2.05, 4.69) is 5.10 Å². The first-order valence-electron chi connectivity index (χ1n) is 8.88. The summed E-state index contributed by atoms with van der Waals surface area (Å²) in [6.45, 7) is 1.91. The summed E-state index contributed by atoms with van der Waals surface area (Å²) in [6.07, 6.45) is 2.41. The molecule has 4 rings (SSSR count). The molecular formula is C17H20BF3N2O3. The second kappa shape index (κ2) is 5.97. The lowest BCUT2D eigenvalue weighted by Gasteiger charge is -2.28. The van der Waals surface area contributed by atoms with Gasteiger partial charge in [0.2, 0.25) is 0 Å². The van der Waals surface area contributed by atoms with Crippen molar-refractivity contribution >= 4 is 23.5 Å². The summed E-state index contributed by atoms with van der Waals surface area (Å²) in [5, 5.41) is 24.3. The Morgan fingerprint density at radius 2 is 2.12 bits per heavy atom. The summed E-state index contributed by atoms with van der Waals surface area (Å²) >= 11 is 0. The van der Waals surface area contributed by atoms with Crippen molar-refractivity contribution < 1.29 is 28.0 Å². The maximum absolute atomic E-state index is 15.3. The van der Waals surface area contributed by atoms with Crippen molar-refractivity contribution in [3.8, 4) is 0 Å². The van der Waals surface area contributed by atoms with Gasteiger partial charge in [0.05, 0.1) is 11.7 Å². The minimum absolute atomic E-state index is 0.0903. The first-order valence-corrected chi connectivity index (χ1v) is 8.88. The van der Waals surface area contributed by atoms with Gasteiger partial charge in [-0.3, -0.25) is 0 Å². The summed E-state index contributed by atoms with van der Waals surface area (Å²) in [7, 11) is -2.08. The quantitative estimate of drug-likeness (QED) is 0.816. The first-order chi connectivity index (χ1) is 12.3. The van der Waals surface area contributed by atoms with Gasteiger partial charge in [-0.25, -0.2) is 17.9 Å². The Kier molecular flexibility index (Phi) is 4.09. The third-order valence-corrected chi connectivity index (χ3v) is 5.59. The van der Waals surface area contributed by atoms with Crippen LogP contribution >= 0.6 is 0 Å². The van der Waals surface area contributed by atoms with Gasteiger partial charge in [0, 0.05) is 18.4 Å². The van der Waals surface area contributed by atoms with Crippen LogP contribution in [0.25, 0.3) is 10.9 Å². The lowest BCUT2D eigenvalue weighted by atomic mass is 9.71. The van der Waals surface area contributed by atoms with Gasteiger partial charge in [-0.05, 0) is 48.3 Å². The number of hydrogen-bond donors (Lipinski definition) is 2. The third kappa shape index (κ3) is 2.33. The zero-order chi connectivity index (χ0) is 18.7. The molecule has 5 nitrogen and oxygen atoms in total. The van der Waals surface area contributed by atoms with Gasteiger partial charge in [0.1, 0.15) is 0 Å². The fourth-order valence-corrected chi connectivity index (χ4v) is 4.29. The third-order valence-electron chi connectivity index (χ3n) is 5.59. The predicted molar refractivity (Wildman–Crippen MR) is 90.1 cm³/mol. The van der Waals surface area contributed by atoms with Gasteiger partial charge in [-0.1, -0.05) is 6.92 Å². The fourth-order valence-electron chi connectivity index (χ4n) is 4.29. The van der Waals surface area contributed by atoms with E-state index < -0.39 is 31.6 Å². The molecule has 1 aromatic heterocycles. The van der Waals surface area contributed by atoms with Crippen molar-refractivity contribution in [2.24, 2.45) is 0 Å². The molecule has 0 bridgehead atoms. The van der Waals surface area contributed by atoms with Crippen LogP contribution in [0.1, 0.15) is 50.0 Å². The van der Waals surface area contributed by atoms with E-state index in [0.29, 0.717) is 12.1 Å². The average molecular weight is 368 g/mol. The van der Waals surface area contributed by atoms with Crippen molar-refractivity contribution in [1.29, 1.82) is 0 Å². The summed E-state index contributed by atoms with van der Waals surface area (Å²) in [6, 6.07) is 1.49. The molecule has 2 N–H and O–H groups in total. The van der Waals surface area contributed by atoms with Crippen LogP contribution in [0.3, 0.4) is 0 Å². The SMILES string of the molecule is CCC1(F)c2c(cc3c(cnn3C3CCCCO3)c2B(O)O)CC1(F)F. The Morgan fingerprint density at radius 3 is 2.73 bits per heavy atom. The van der Waals surface area contributed by atoms with E-state index >= 15 is 4.39 Å². The monoisotopic (exact) mass is 368 g/mol. The second-order valence-corrected chi connectivity index (χ2v) is 7.08. The molecule has 1 aliphatic heterocycles. The van der Waals surface area contributed by atoms with Gasteiger partial charge < -0.3 is 14.8 Å². The number of benzene rings is 1. The number of aromatic nitrogens is 2. The standard InChI is InChI=1S/C17H20BF3N2O3/c1-2-16(19)14-10(8-17(16,20)21)7-12-11(15(14)18(24)25)9-22-23(12)13-5-3-4-6-26-13/h7,9,13,24-25H,2-6,8H2,1H3. The van der Waals surface area contributed by atoms with Crippen molar-refractivity contribution in [3.63, 3.8) is 0 Å². The molecule has 1 fully saturated rings. The largest absolute Gasteiger partial charge is 0.489 e. The smallest absolute Gasteiger partial charge is 0.423 e. The average Bonchev–Trinajstić information content (AvgIpc) is 3.11. The minimum atomic E-state index is -3.61. The maximum Gasteiger partial charge on any atom is 0.489 e. The molecule has 2 aromatic rings. The van der Waals surface area contributed by atoms with E-state index in [-0.39, 0.29) is 28.2 Å². The van der Waals surface area contributed by atoms with Crippen molar-refractivity contribution in [2.45, 2.75) is 56.8 Å². The summed E-state index contributed by atoms with van der Waals surface area (Å²) in [4.78, 5) is 0. The molecule has 1 saturated heterocycles. The Labute approximate surface area is 148 Å². The maximum atomic E-state index is 15.3. The number of halogens is 3. The van der Waals surface area contributed by atoms with E-state index in [4.69, 9.17) is 4.74 Å². The molecule has 2 atom stereocenters. The molecule has 9 heteroatoms. The number of ether oxygens (including phenoxy) is 1. The second-order valence-electron chi connectivity index (χ2n) is 7.08. The van der Waals surface area contributed by atoms with Crippen LogP contribution < -0.4 is 5.46 Å². The molecule has 26 heavy (non-hydrogen) atoms. The highest BCUT2D eigenvalue weighted by Crippen LogP contribution is 2.53. The molecule has 1 aromatic carbocycles. The molecule has 1 aliphatic carbocycles. The van der Waals surface area contributed by atoms with Gasteiger partial charge in [-0.2, -0.15) is 5.10 Å². The van der Waals surface area contributed by atoms with Crippen LogP contribution in [-0.2, 0) is 16.8 Å². The normalized spacial score (nSPS) is 27.7. The number of fused-ring (bicyclic) bond motifs is 2. The predicted octanol–water partition coefficient (Wildman–Crippen LogP) is 2.18. The lowest BCUT2D eigenvalue weighted by Crippen LogP contribution is -2.44. The molecule has 2 unspecified atom stereocenters. The molecule has 140 valence electrons. The van der Waals surface area contributed by atoms with Gasteiger partial charge in [0.15, 0.2) is 11.9 Å². The zero-order valence-corrected chi connectivity index (χ0v) is 14.4. The van der Waals surface area contributed by atoms with Crippen LogP contribution in [0.2, 0.25) is 0 Å². The minimum Gasteiger partial charge on any atom is -0.423 e. The van der Waals surface area contributed by atoms with Crippen LogP contribution in [-0.4, -0.2) is 39.5 Å². The lowest BCUT2D eigenvalue weighted by molar-refractivity contribution is -0.130. The number of nitrogens with zero attached hydrogens (tertiary/aromatic N) is 2. The van der Waals surface area contributed by atoms with Crippen molar-refractivity contribution in [2.75, 3.05) is 6.61 Å². The Hall–Kier alpha value is -1.58. The summed E-state index contributed by atoms with van der Waals surface area (Å²) < 4.78 is 51.5. The van der Waals surface area contributed by atoms with E-state index in [1.54, 1.807) is 4.68 Å². The number of rotatable bonds is 3. The molecule has 2 aliphatic rings. The number of alkyl halides is 3. The van der Waals surface area contributed by atoms with Gasteiger partial charge in [0.25, 0.3) is 5.92 Å². The van der Waals surface area contributed by atoms with E-state index in [1.807, 2.05) is 0 Å². The van der Waals surface area contributed by atoms with Crippen molar-refractivity contribution in [1.82, 2.24) is 9.78 Å². The van der Waals surface area contributed by atoms with Gasteiger partial charge >= 0.3 is 7.12 Å². The Morgan fingerprint density at radius 1 is 1.35 bits per heavy atom. The molecule has 2 heterocycles. The Bertz CT molecular complexity index is 851. The fraction of sp³-hybridized carbons (Fsp3) is 0.588. The number of hydrogen-bond acceptors (Lipinski definition) is 4. The first kappa shape index (κ1) is 17.8. The highest BCUT2D eigenvalue weighted by molar-refractivity contribution is 6.62. The van der Waals surface area contributed by atoms with Crippen LogP contribution in [0.15, 0.2) is 12.3 Å². The highest BCUT2D eigenvalue weighted by Gasteiger charge is 2.62. The summed E-state index contributed by atoms with van der Waals surface area (Å²) in [5.74, 6) is -3.61. The summed E-state index contributed by atoms with van der Waals surface area (Å²) in [5.41, 5.74) is -2.92. The van der Waals surface area contributed by atoms with E-state index in [9.17, 15) is 18.8 Å². The topological polar surface area (TPSA) is 67.5 Å². The highest BCUT2D eigenvalue weighted by atomic mass is 19.3. The molecular weight excluding hydrogens is 348 g/mol. The zero-order valence-electron chi connectivity index (χ0n) is 14.4. The Balaban J connectivity index is 1.97. The molecule has 0 saturated carbocycles. The van der Waals surface area contributed by atoms with Crippen LogP contribution in [0, 0.1) is 0 Å².